The second-order valence-corrected chi connectivity index (χ2v) is 6.22. The normalized spacial score (nSPS) is 12.2. The molecule has 0 fully saturated rings. The lowest BCUT2D eigenvalue weighted by Crippen LogP contribution is -2.08. The van der Waals surface area contributed by atoms with Gasteiger partial charge in [0.25, 0.3) is 0 Å². The molecule has 1 aromatic heterocycles. The van der Waals surface area contributed by atoms with E-state index in [1.807, 2.05) is 24.3 Å². The van der Waals surface area contributed by atoms with E-state index in [9.17, 15) is 5.11 Å². The van der Waals surface area contributed by atoms with Crippen LogP contribution in [-0.4, -0.2) is 14.7 Å². The Bertz CT molecular complexity index is 823. The summed E-state index contributed by atoms with van der Waals surface area (Å²) in [7, 11) is 0. The number of aryl methyl sites for hydroxylation is 2. The Kier molecular flexibility index (Phi) is 5.35. The molecule has 0 amide bonds. The molecule has 1 atom stereocenters. The van der Waals surface area contributed by atoms with E-state index in [1.165, 1.54) is 11.1 Å². The maximum Gasteiger partial charge on any atom is 0.138 e. The molecular weight excluding hydrogens is 331 g/mol. The molecule has 1 N–H and O–H groups in total. The van der Waals surface area contributed by atoms with Crippen LogP contribution in [0.3, 0.4) is 0 Å². The Hall–Kier alpha value is -1.55. The summed E-state index contributed by atoms with van der Waals surface area (Å²) in [5.74, 6) is 0.690. The molecule has 0 saturated carbocycles. The Morgan fingerprint density at radius 3 is 2.35 bits per heavy atom. The van der Waals surface area contributed by atoms with Gasteiger partial charge in [-0.25, -0.2) is 4.98 Å². The lowest BCUT2D eigenvalue weighted by molar-refractivity contribution is 0.185. The minimum atomic E-state index is -0.611. The molecule has 3 aromatic rings. The molecule has 1 heterocycles. The number of rotatable bonds is 3. The fourth-order valence-electron chi connectivity index (χ4n) is 2.66. The second kappa shape index (κ2) is 6.91. The van der Waals surface area contributed by atoms with E-state index >= 15 is 0 Å². The van der Waals surface area contributed by atoms with Crippen LogP contribution >= 0.6 is 24.0 Å². The molecule has 0 spiro atoms. The molecule has 23 heavy (non-hydrogen) atoms. The average molecular weight is 351 g/mol. The highest BCUT2D eigenvalue weighted by Gasteiger charge is 2.16. The van der Waals surface area contributed by atoms with Crippen LogP contribution in [-0.2, 0) is 6.54 Å². The number of aliphatic hydroxyl groups is 1. The smallest absolute Gasteiger partial charge is 0.138 e. The quantitative estimate of drug-likeness (QED) is 0.734. The van der Waals surface area contributed by atoms with Gasteiger partial charge in [-0.1, -0.05) is 23.7 Å². The molecular formula is C18H20Cl2N2O. The highest BCUT2D eigenvalue weighted by atomic mass is 35.5. The zero-order valence-corrected chi connectivity index (χ0v) is 14.9. The van der Waals surface area contributed by atoms with Gasteiger partial charge in [0.1, 0.15) is 11.9 Å². The van der Waals surface area contributed by atoms with Crippen LogP contribution in [0, 0.1) is 13.8 Å². The Morgan fingerprint density at radius 1 is 1.13 bits per heavy atom. The van der Waals surface area contributed by atoms with Crippen LogP contribution < -0.4 is 0 Å². The predicted octanol–water partition coefficient (Wildman–Crippen LogP) is 4.83. The highest BCUT2D eigenvalue weighted by molar-refractivity contribution is 6.30. The third kappa shape index (κ3) is 3.52. The Labute approximate surface area is 147 Å². The molecule has 0 aliphatic rings. The number of aliphatic hydroxyl groups excluding tert-OH is 1. The first-order chi connectivity index (χ1) is 10.5. The predicted molar refractivity (Wildman–Crippen MR) is 97.6 cm³/mol. The summed E-state index contributed by atoms with van der Waals surface area (Å²) >= 11 is 5.95. The fourth-order valence-corrected chi connectivity index (χ4v) is 2.78. The largest absolute Gasteiger partial charge is 0.385 e. The van der Waals surface area contributed by atoms with Gasteiger partial charge in [-0.2, -0.15) is 0 Å². The summed E-state index contributed by atoms with van der Waals surface area (Å²) < 4.78 is 2.08. The van der Waals surface area contributed by atoms with Crippen LogP contribution in [0.15, 0.2) is 36.4 Å². The van der Waals surface area contributed by atoms with Crippen LogP contribution in [0.5, 0.6) is 0 Å². The van der Waals surface area contributed by atoms with Gasteiger partial charge in [0, 0.05) is 11.6 Å². The minimum absolute atomic E-state index is 0. The van der Waals surface area contributed by atoms with E-state index in [0.717, 1.165) is 21.6 Å². The minimum Gasteiger partial charge on any atom is -0.385 e. The lowest BCUT2D eigenvalue weighted by Gasteiger charge is -2.12. The number of aromatic nitrogens is 2. The molecule has 122 valence electrons. The summed E-state index contributed by atoms with van der Waals surface area (Å²) in [5.41, 5.74) is 5.54. The summed E-state index contributed by atoms with van der Waals surface area (Å²) in [5, 5.41) is 10.8. The van der Waals surface area contributed by atoms with Gasteiger partial charge in [0.15, 0.2) is 0 Å². The van der Waals surface area contributed by atoms with E-state index in [1.54, 1.807) is 6.92 Å². The van der Waals surface area contributed by atoms with Crippen molar-refractivity contribution in [3.8, 4) is 0 Å². The average Bonchev–Trinajstić information content (AvgIpc) is 2.80. The van der Waals surface area contributed by atoms with Crippen molar-refractivity contribution in [3.05, 3.63) is 63.9 Å². The standard InChI is InChI=1S/C18H19ClN2O.ClH/c1-11-8-16-17(9-12(11)2)21(18(20-16)13(3)22)10-14-4-6-15(19)7-5-14;/h4-9,13,22H,10H2,1-3H3;1H. The number of benzene rings is 2. The monoisotopic (exact) mass is 350 g/mol. The van der Waals surface area contributed by atoms with Crippen LogP contribution in [0.1, 0.15) is 35.5 Å². The second-order valence-electron chi connectivity index (χ2n) is 5.78. The van der Waals surface area contributed by atoms with E-state index in [0.29, 0.717) is 12.4 Å². The van der Waals surface area contributed by atoms with Crippen molar-refractivity contribution in [1.29, 1.82) is 0 Å². The first-order valence-corrected chi connectivity index (χ1v) is 7.73. The highest BCUT2D eigenvalue weighted by Crippen LogP contribution is 2.25. The summed E-state index contributed by atoms with van der Waals surface area (Å²) in [6.45, 7) is 6.58. The van der Waals surface area contributed by atoms with E-state index in [-0.39, 0.29) is 12.4 Å². The van der Waals surface area contributed by atoms with Crippen LogP contribution in [0.2, 0.25) is 5.02 Å². The molecule has 3 rings (SSSR count). The molecule has 0 radical (unpaired) electrons. The van der Waals surface area contributed by atoms with Crippen LogP contribution in [0.4, 0.5) is 0 Å². The summed E-state index contributed by atoms with van der Waals surface area (Å²) in [6.07, 6.45) is -0.611. The maximum atomic E-state index is 10.1. The van der Waals surface area contributed by atoms with Gasteiger partial charge in [-0.3, -0.25) is 0 Å². The molecule has 0 bridgehead atoms. The first kappa shape index (κ1) is 17.8. The lowest BCUT2D eigenvalue weighted by atomic mass is 10.1. The van der Waals surface area contributed by atoms with Gasteiger partial charge < -0.3 is 9.67 Å². The zero-order valence-electron chi connectivity index (χ0n) is 13.4. The molecule has 5 heteroatoms. The first-order valence-electron chi connectivity index (χ1n) is 7.35. The van der Waals surface area contributed by atoms with Crippen molar-refractivity contribution < 1.29 is 5.11 Å². The Balaban J connectivity index is 0.00000192. The summed E-state index contributed by atoms with van der Waals surface area (Å²) in [4.78, 5) is 4.61. The van der Waals surface area contributed by atoms with E-state index < -0.39 is 6.10 Å². The molecule has 2 aromatic carbocycles. The molecule has 3 nitrogen and oxygen atoms in total. The topological polar surface area (TPSA) is 38.1 Å². The number of halogens is 2. The maximum absolute atomic E-state index is 10.1. The van der Waals surface area contributed by atoms with Crippen molar-refractivity contribution >= 4 is 35.0 Å². The number of hydrogen-bond donors (Lipinski definition) is 1. The third-order valence-corrected chi connectivity index (χ3v) is 4.27. The number of hydrogen-bond acceptors (Lipinski definition) is 2. The van der Waals surface area contributed by atoms with E-state index in [2.05, 4.69) is 35.5 Å². The number of imidazole rings is 1. The van der Waals surface area contributed by atoms with Gasteiger partial charge >= 0.3 is 0 Å². The van der Waals surface area contributed by atoms with Gasteiger partial charge in [0.05, 0.1) is 11.0 Å². The molecule has 0 saturated heterocycles. The van der Waals surface area contributed by atoms with Crippen molar-refractivity contribution in [2.75, 3.05) is 0 Å². The van der Waals surface area contributed by atoms with E-state index in [4.69, 9.17) is 11.6 Å². The van der Waals surface area contributed by atoms with Crippen molar-refractivity contribution in [2.45, 2.75) is 33.4 Å². The third-order valence-electron chi connectivity index (χ3n) is 4.02. The molecule has 1 unspecified atom stereocenters. The van der Waals surface area contributed by atoms with Gasteiger partial charge in [-0.15, -0.1) is 12.4 Å². The van der Waals surface area contributed by atoms with Gasteiger partial charge in [-0.05, 0) is 61.7 Å². The summed E-state index contributed by atoms with van der Waals surface area (Å²) in [6, 6.07) is 12.0. The van der Waals surface area contributed by atoms with Crippen molar-refractivity contribution in [2.24, 2.45) is 0 Å². The molecule has 0 aliphatic heterocycles. The van der Waals surface area contributed by atoms with Gasteiger partial charge in [0.2, 0.25) is 0 Å². The number of nitrogens with zero attached hydrogens (tertiary/aromatic N) is 2. The number of fused-ring (bicyclic) bond motifs is 1. The fraction of sp³-hybridized carbons (Fsp3) is 0.278. The molecule has 0 aliphatic carbocycles. The van der Waals surface area contributed by atoms with Crippen LogP contribution in [0.25, 0.3) is 11.0 Å². The SMILES string of the molecule is Cc1cc2nc(C(C)O)n(Cc3ccc(Cl)cc3)c2cc1C.Cl. The van der Waals surface area contributed by atoms with Crippen molar-refractivity contribution in [1.82, 2.24) is 9.55 Å². The van der Waals surface area contributed by atoms with Crippen molar-refractivity contribution in [3.63, 3.8) is 0 Å². The Morgan fingerprint density at radius 2 is 1.74 bits per heavy atom. The zero-order chi connectivity index (χ0) is 15.9.